The fourth-order valence-corrected chi connectivity index (χ4v) is 5.16. The van der Waals surface area contributed by atoms with Crippen LogP contribution in [-0.4, -0.2) is 79.5 Å². The van der Waals surface area contributed by atoms with Gasteiger partial charge in [0.05, 0.1) is 25.7 Å². The molecular formula is C26H36N6O3. The third-order valence-electron chi connectivity index (χ3n) is 7.20. The van der Waals surface area contributed by atoms with Crippen LogP contribution in [0.25, 0.3) is 11.4 Å². The lowest BCUT2D eigenvalue weighted by molar-refractivity contribution is -0.126. The normalized spacial score (nSPS) is 21.7. The van der Waals surface area contributed by atoms with E-state index in [1.807, 2.05) is 24.3 Å². The van der Waals surface area contributed by atoms with E-state index >= 15 is 0 Å². The predicted molar refractivity (Wildman–Crippen MR) is 135 cm³/mol. The van der Waals surface area contributed by atoms with E-state index in [0.717, 1.165) is 81.2 Å². The number of rotatable bonds is 6. The predicted octanol–water partition coefficient (Wildman–Crippen LogP) is 1.56. The van der Waals surface area contributed by atoms with Crippen LogP contribution < -0.4 is 20.4 Å². The third-order valence-corrected chi connectivity index (χ3v) is 7.20. The molecule has 3 saturated heterocycles. The lowest BCUT2D eigenvalue weighted by Gasteiger charge is -2.35. The average molecular weight is 481 g/mol. The van der Waals surface area contributed by atoms with Gasteiger partial charge in [-0.2, -0.15) is 0 Å². The Morgan fingerprint density at radius 1 is 1.06 bits per heavy atom. The second-order valence-electron chi connectivity index (χ2n) is 9.68. The number of aliphatic hydroxyl groups is 1. The van der Waals surface area contributed by atoms with Gasteiger partial charge in [0.15, 0.2) is 5.82 Å². The third kappa shape index (κ3) is 5.91. The van der Waals surface area contributed by atoms with Gasteiger partial charge in [-0.3, -0.25) is 4.79 Å². The monoisotopic (exact) mass is 480 g/mol. The summed E-state index contributed by atoms with van der Waals surface area (Å²) in [6, 6.07) is 10.1. The number of piperidine rings is 2. The summed E-state index contributed by atoms with van der Waals surface area (Å²) in [4.78, 5) is 27.4. The van der Waals surface area contributed by atoms with Gasteiger partial charge in [-0.05, 0) is 50.4 Å². The van der Waals surface area contributed by atoms with Crippen molar-refractivity contribution in [2.45, 2.75) is 38.3 Å². The smallest absolute Gasteiger partial charge is 0.225 e. The Morgan fingerprint density at radius 2 is 1.83 bits per heavy atom. The highest BCUT2D eigenvalue weighted by atomic mass is 16.5. The van der Waals surface area contributed by atoms with Gasteiger partial charge in [0.1, 0.15) is 11.6 Å². The largest absolute Gasteiger partial charge is 0.392 e. The van der Waals surface area contributed by atoms with Crippen molar-refractivity contribution in [1.82, 2.24) is 20.6 Å². The molecule has 1 unspecified atom stereocenters. The van der Waals surface area contributed by atoms with Crippen molar-refractivity contribution in [3.63, 3.8) is 0 Å². The molecule has 3 fully saturated rings. The molecule has 188 valence electrons. The van der Waals surface area contributed by atoms with Crippen molar-refractivity contribution in [3.05, 3.63) is 35.9 Å². The molecule has 0 radical (unpaired) electrons. The van der Waals surface area contributed by atoms with Crippen molar-refractivity contribution in [3.8, 4) is 11.4 Å². The molecular weight excluding hydrogens is 444 g/mol. The molecule has 9 nitrogen and oxygen atoms in total. The Hall–Kier alpha value is -2.75. The topological polar surface area (TPSA) is 103 Å². The van der Waals surface area contributed by atoms with Crippen molar-refractivity contribution in [2.24, 2.45) is 5.92 Å². The maximum absolute atomic E-state index is 13.1. The first-order valence-corrected chi connectivity index (χ1v) is 12.9. The van der Waals surface area contributed by atoms with Crippen LogP contribution >= 0.6 is 0 Å². The second kappa shape index (κ2) is 11.3. The number of ether oxygens (including phenoxy) is 1. The van der Waals surface area contributed by atoms with Gasteiger partial charge in [-0.15, -0.1) is 0 Å². The SMILES string of the molecule is O=C(NC1CCNCC1)C1CCCN(c2cc(N3CCOCC3)nc(-c3cccc(CO)c3)n2)C1. The van der Waals surface area contributed by atoms with Crippen LogP contribution in [0.15, 0.2) is 30.3 Å². The molecule has 9 heteroatoms. The standard InChI is InChI=1S/C26H36N6O3/c33-18-19-3-1-4-20(15-19)25-29-23(31-11-13-35-14-12-31)16-24(30-25)32-10-2-5-21(17-32)26(34)28-22-6-8-27-9-7-22/h1,3-4,15-16,21-22,27,33H,2,5-14,17-18H2,(H,28,34). The Kier molecular flexibility index (Phi) is 7.75. The molecule has 0 bridgehead atoms. The maximum atomic E-state index is 13.1. The number of benzene rings is 1. The second-order valence-corrected chi connectivity index (χ2v) is 9.68. The first kappa shape index (κ1) is 24.0. The Balaban J connectivity index is 1.39. The van der Waals surface area contributed by atoms with Crippen molar-refractivity contribution in [2.75, 3.05) is 62.3 Å². The van der Waals surface area contributed by atoms with Gasteiger partial charge in [-0.25, -0.2) is 9.97 Å². The Morgan fingerprint density at radius 3 is 2.60 bits per heavy atom. The van der Waals surface area contributed by atoms with E-state index in [0.29, 0.717) is 25.6 Å². The van der Waals surface area contributed by atoms with Crippen molar-refractivity contribution in [1.29, 1.82) is 0 Å². The summed E-state index contributed by atoms with van der Waals surface area (Å²) in [5, 5.41) is 16.3. The molecule has 1 aromatic carbocycles. The highest BCUT2D eigenvalue weighted by Gasteiger charge is 2.29. The molecule has 0 aliphatic carbocycles. The number of aromatic nitrogens is 2. The first-order valence-electron chi connectivity index (χ1n) is 12.9. The summed E-state index contributed by atoms with van der Waals surface area (Å²) in [7, 11) is 0. The van der Waals surface area contributed by atoms with Gasteiger partial charge in [0, 0.05) is 43.9 Å². The fourth-order valence-electron chi connectivity index (χ4n) is 5.16. The van der Waals surface area contributed by atoms with Crippen LogP contribution in [0, 0.1) is 5.92 Å². The minimum Gasteiger partial charge on any atom is -0.392 e. The minimum atomic E-state index is -0.0402. The molecule has 0 saturated carbocycles. The van der Waals surface area contributed by atoms with Gasteiger partial charge < -0.3 is 30.3 Å². The van der Waals surface area contributed by atoms with E-state index in [-0.39, 0.29) is 24.5 Å². The van der Waals surface area contributed by atoms with Crippen molar-refractivity contribution < 1.29 is 14.6 Å². The van der Waals surface area contributed by atoms with E-state index in [1.165, 1.54) is 0 Å². The number of carbonyl (C=O) groups excluding carboxylic acids is 1. The summed E-state index contributed by atoms with van der Waals surface area (Å²) in [6.07, 6.45) is 3.84. The van der Waals surface area contributed by atoms with Gasteiger partial charge in [-0.1, -0.05) is 18.2 Å². The molecule has 0 spiro atoms. The van der Waals surface area contributed by atoms with E-state index in [9.17, 15) is 9.90 Å². The molecule has 3 N–H and O–H groups in total. The summed E-state index contributed by atoms with van der Waals surface area (Å²) in [5.74, 6) is 2.50. The number of anilines is 2. The number of aliphatic hydroxyl groups excluding tert-OH is 1. The van der Waals surface area contributed by atoms with Gasteiger partial charge in [0.2, 0.25) is 5.91 Å². The molecule has 3 aliphatic heterocycles. The molecule has 1 amide bonds. The number of carbonyl (C=O) groups is 1. The van der Waals surface area contributed by atoms with Crippen LogP contribution in [0.3, 0.4) is 0 Å². The molecule has 3 aliphatic rings. The van der Waals surface area contributed by atoms with E-state index in [4.69, 9.17) is 14.7 Å². The fraction of sp³-hybridized carbons (Fsp3) is 0.577. The highest BCUT2D eigenvalue weighted by molar-refractivity contribution is 5.80. The number of nitrogens with one attached hydrogen (secondary N) is 2. The van der Waals surface area contributed by atoms with Gasteiger partial charge in [0.25, 0.3) is 0 Å². The molecule has 5 rings (SSSR count). The summed E-state index contributed by atoms with van der Waals surface area (Å²) < 4.78 is 5.54. The Labute approximate surface area is 206 Å². The molecule has 1 aromatic heterocycles. The lowest BCUT2D eigenvalue weighted by atomic mass is 9.96. The first-order chi connectivity index (χ1) is 17.2. The number of hydrogen-bond acceptors (Lipinski definition) is 8. The van der Waals surface area contributed by atoms with Gasteiger partial charge >= 0.3 is 0 Å². The number of amides is 1. The molecule has 2 aromatic rings. The number of morpholine rings is 1. The molecule has 1 atom stereocenters. The number of nitrogens with zero attached hydrogens (tertiary/aromatic N) is 4. The average Bonchev–Trinajstić information content (AvgIpc) is 2.94. The quantitative estimate of drug-likeness (QED) is 0.573. The lowest BCUT2D eigenvalue weighted by Crippen LogP contribution is -2.48. The zero-order valence-corrected chi connectivity index (χ0v) is 20.3. The zero-order chi connectivity index (χ0) is 24.0. The van der Waals surface area contributed by atoms with Crippen LogP contribution in [0.4, 0.5) is 11.6 Å². The zero-order valence-electron chi connectivity index (χ0n) is 20.3. The summed E-state index contributed by atoms with van der Waals surface area (Å²) in [5.41, 5.74) is 1.71. The van der Waals surface area contributed by atoms with E-state index in [2.05, 4.69) is 26.5 Å². The van der Waals surface area contributed by atoms with Crippen molar-refractivity contribution >= 4 is 17.5 Å². The maximum Gasteiger partial charge on any atom is 0.225 e. The summed E-state index contributed by atoms with van der Waals surface area (Å²) >= 11 is 0. The molecule has 4 heterocycles. The number of hydrogen-bond donors (Lipinski definition) is 3. The van der Waals surface area contributed by atoms with Crippen LogP contribution in [0.2, 0.25) is 0 Å². The van der Waals surface area contributed by atoms with Crippen LogP contribution in [0.1, 0.15) is 31.2 Å². The Bertz CT molecular complexity index is 1010. The molecule has 35 heavy (non-hydrogen) atoms. The highest BCUT2D eigenvalue weighted by Crippen LogP contribution is 2.29. The minimum absolute atomic E-state index is 0.0240. The summed E-state index contributed by atoms with van der Waals surface area (Å²) in [6.45, 7) is 6.36. The van der Waals surface area contributed by atoms with Crippen LogP contribution in [0.5, 0.6) is 0 Å². The van der Waals surface area contributed by atoms with Crippen LogP contribution in [-0.2, 0) is 16.1 Å². The van der Waals surface area contributed by atoms with E-state index < -0.39 is 0 Å². The van der Waals surface area contributed by atoms with E-state index in [1.54, 1.807) is 0 Å².